The van der Waals surface area contributed by atoms with Crippen LogP contribution in [0.3, 0.4) is 0 Å². The maximum atomic E-state index is 12.8. The third-order valence-electron chi connectivity index (χ3n) is 4.37. The van der Waals surface area contributed by atoms with Gasteiger partial charge in [-0.1, -0.05) is 24.3 Å². The van der Waals surface area contributed by atoms with Gasteiger partial charge in [-0.2, -0.15) is 23.4 Å². The molecule has 3 heterocycles. The van der Waals surface area contributed by atoms with Crippen LogP contribution >= 0.6 is 0 Å². The second-order valence-corrected chi connectivity index (χ2v) is 6.72. The smallest absolute Gasteiger partial charge is 0.317 e. The second-order valence-electron chi connectivity index (χ2n) is 6.72. The van der Waals surface area contributed by atoms with Crippen molar-refractivity contribution in [3.8, 4) is 17.1 Å². The number of para-hydroxylation sites is 1. The zero-order valence-electron chi connectivity index (χ0n) is 16.3. The summed E-state index contributed by atoms with van der Waals surface area (Å²) in [7, 11) is 0. The number of nitrogens with zero attached hydrogens (tertiary/aromatic N) is 4. The number of anilines is 1. The molecule has 1 aromatic carbocycles. The molecule has 0 aliphatic rings. The normalized spacial score (nSPS) is 11.3. The molecule has 3 aromatic heterocycles. The summed E-state index contributed by atoms with van der Waals surface area (Å²) in [6.07, 6.45) is -3.60. The first kappa shape index (κ1) is 21.0. The Morgan fingerprint density at radius 1 is 1.03 bits per heavy atom. The molecule has 162 valence electrons. The van der Waals surface area contributed by atoms with Crippen molar-refractivity contribution in [2.75, 3.05) is 5.32 Å². The number of pyridine rings is 1. The van der Waals surface area contributed by atoms with Gasteiger partial charge in [0.1, 0.15) is 12.1 Å². The fourth-order valence-electron chi connectivity index (χ4n) is 2.95. The van der Waals surface area contributed by atoms with E-state index < -0.39 is 30.0 Å². The van der Waals surface area contributed by atoms with Crippen molar-refractivity contribution in [3.63, 3.8) is 0 Å². The summed E-state index contributed by atoms with van der Waals surface area (Å²) in [5, 5.41) is 13.0. The van der Waals surface area contributed by atoms with Gasteiger partial charge in [-0.25, -0.2) is 9.67 Å². The number of ketones is 1. The molecule has 32 heavy (non-hydrogen) atoms. The summed E-state index contributed by atoms with van der Waals surface area (Å²) in [5.74, 6) is -1.97. The SMILES string of the molecule is O=C(Nc1cn(-c2ccccc2)nc1C(=O)CC(F)(F)F)c1cccc(-c2ccn[nH]2)n1. The van der Waals surface area contributed by atoms with Gasteiger partial charge in [0.25, 0.3) is 5.91 Å². The molecule has 11 heteroatoms. The number of aromatic amines is 1. The van der Waals surface area contributed by atoms with Crippen LogP contribution in [0.2, 0.25) is 0 Å². The number of hydrogen-bond acceptors (Lipinski definition) is 5. The third-order valence-corrected chi connectivity index (χ3v) is 4.37. The lowest BCUT2D eigenvalue weighted by Crippen LogP contribution is -2.19. The standard InChI is InChI=1S/C21H15F3N6O2/c22-21(23,24)11-18(31)19-17(12-30(29-19)13-5-2-1-3-6-13)27-20(32)16-8-4-7-14(26-16)15-9-10-25-28-15/h1-10,12H,11H2,(H,25,28)(H,27,32). The molecule has 0 saturated carbocycles. The molecule has 0 aliphatic carbocycles. The van der Waals surface area contributed by atoms with E-state index in [1.54, 1.807) is 48.5 Å². The molecule has 4 aromatic rings. The molecule has 0 spiro atoms. The molecule has 0 radical (unpaired) electrons. The van der Waals surface area contributed by atoms with Crippen LogP contribution in [0.15, 0.2) is 67.0 Å². The molecule has 2 N–H and O–H groups in total. The quantitative estimate of drug-likeness (QED) is 0.440. The lowest BCUT2D eigenvalue weighted by Gasteiger charge is -2.07. The summed E-state index contributed by atoms with van der Waals surface area (Å²) in [4.78, 5) is 29.3. The minimum absolute atomic E-state index is 0.00113. The zero-order chi connectivity index (χ0) is 22.7. The van der Waals surface area contributed by atoms with Crippen molar-refractivity contribution in [3.05, 3.63) is 78.4 Å². The molecule has 8 nitrogen and oxygen atoms in total. The Kier molecular flexibility index (Phi) is 5.54. The lowest BCUT2D eigenvalue weighted by atomic mass is 10.2. The van der Waals surface area contributed by atoms with E-state index in [4.69, 9.17) is 0 Å². The maximum absolute atomic E-state index is 12.8. The molecule has 1 amide bonds. The first-order valence-electron chi connectivity index (χ1n) is 9.33. The molecule has 0 saturated heterocycles. The van der Waals surface area contributed by atoms with Gasteiger partial charge >= 0.3 is 6.18 Å². The molecular formula is C21H15F3N6O2. The monoisotopic (exact) mass is 440 g/mol. The Hall–Kier alpha value is -4.28. The maximum Gasteiger partial charge on any atom is 0.396 e. The molecule has 0 atom stereocenters. The zero-order valence-corrected chi connectivity index (χ0v) is 16.3. The van der Waals surface area contributed by atoms with Crippen LogP contribution in [-0.2, 0) is 0 Å². The van der Waals surface area contributed by atoms with Gasteiger partial charge in [-0.15, -0.1) is 0 Å². The van der Waals surface area contributed by atoms with Gasteiger partial charge in [-0.3, -0.25) is 14.7 Å². The molecule has 0 unspecified atom stereocenters. The van der Waals surface area contributed by atoms with E-state index in [-0.39, 0.29) is 11.4 Å². The Balaban J connectivity index is 1.66. The Morgan fingerprint density at radius 3 is 2.50 bits per heavy atom. The fraction of sp³-hybridized carbons (Fsp3) is 0.0952. The lowest BCUT2D eigenvalue weighted by molar-refractivity contribution is -0.125. The van der Waals surface area contributed by atoms with Crippen molar-refractivity contribution in [2.45, 2.75) is 12.6 Å². The topological polar surface area (TPSA) is 106 Å². The van der Waals surface area contributed by atoms with E-state index in [0.29, 0.717) is 17.1 Å². The largest absolute Gasteiger partial charge is 0.396 e. The van der Waals surface area contributed by atoms with Crippen LogP contribution < -0.4 is 5.32 Å². The predicted octanol–water partition coefficient (Wildman–Crippen LogP) is 4.04. The van der Waals surface area contributed by atoms with E-state index >= 15 is 0 Å². The minimum Gasteiger partial charge on any atom is -0.317 e. The van der Waals surface area contributed by atoms with Gasteiger partial charge < -0.3 is 5.32 Å². The highest BCUT2D eigenvalue weighted by atomic mass is 19.4. The summed E-state index contributed by atoms with van der Waals surface area (Å²) >= 11 is 0. The van der Waals surface area contributed by atoms with E-state index in [2.05, 4.69) is 25.6 Å². The van der Waals surface area contributed by atoms with E-state index in [1.807, 2.05) is 0 Å². The van der Waals surface area contributed by atoms with Crippen molar-refractivity contribution in [1.82, 2.24) is 25.0 Å². The van der Waals surface area contributed by atoms with Crippen LogP contribution in [0.4, 0.5) is 18.9 Å². The number of aromatic nitrogens is 5. The molecule has 0 fully saturated rings. The average Bonchev–Trinajstić information content (AvgIpc) is 3.44. The van der Waals surface area contributed by atoms with Gasteiger partial charge in [0.05, 0.1) is 29.0 Å². The van der Waals surface area contributed by atoms with Crippen LogP contribution in [0.25, 0.3) is 17.1 Å². The van der Waals surface area contributed by atoms with E-state index in [9.17, 15) is 22.8 Å². The van der Waals surface area contributed by atoms with Gasteiger partial charge in [0.15, 0.2) is 11.5 Å². The van der Waals surface area contributed by atoms with Gasteiger partial charge in [-0.05, 0) is 30.3 Å². The fourth-order valence-corrected chi connectivity index (χ4v) is 2.95. The number of alkyl halides is 3. The number of H-pyrrole nitrogens is 1. The highest BCUT2D eigenvalue weighted by molar-refractivity contribution is 6.08. The van der Waals surface area contributed by atoms with E-state index in [0.717, 1.165) is 0 Å². The number of nitrogens with one attached hydrogen (secondary N) is 2. The van der Waals surface area contributed by atoms with Crippen molar-refractivity contribution in [2.24, 2.45) is 0 Å². The number of hydrogen-bond donors (Lipinski definition) is 2. The molecule has 0 aliphatic heterocycles. The Labute approximate surface area is 179 Å². The summed E-state index contributed by atoms with van der Waals surface area (Å²) in [6, 6.07) is 14.9. The third kappa shape index (κ3) is 4.72. The number of benzene rings is 1. The first-order valence-corrected chi connectivity index (χ1v) is 9.33. The number of carbonyl (C=O) groups is 2. The number of Topliss-reactive ketones (excluding diaryl/α,β-unsaturated/α-hetero) is 1. The molecule has 4 rings (SSSR count). The van der Waals surface area contributed by atoms with Gasteiger partial charge in [0, 0.05) is 6.20 Å². The Morgan fingerprint density at radius 2 is 1.81 bits per heavy atom. The number of carbonyl (C=O) groups excluding carboxylic acids is 2. The number of halogens is 3. The summed E-state index contributed by atoms with van der Waals surface area (Å²) in [5.41, 5.74) is 0.888. The molecule has 0 bridgehead atoms. The average molecular weight is 440 g/mol. The minimum atomic E-state index is -4.71. The van der Waals surface area contributed by atoms with Crippen molar-refractivity contribution in [1.29, 1.82) is 0 Å². The van der Waals surface area contributed by atoms with Gasteiger partial charge in [0.2, 0.25) is 0 Å². The highest BCUT2D eigenvalue weighted by Gasteiger charge is 2.34. The second kappa shape index (κ2) is 8.46. The molecular weight excluding hydrogens is 425 g/mol. The summed E-state index contributed by atoms with van der Waals surface area (Å²) in [6.45, 7) is 0. The van der Waals surface area contributed by atoms with Crippen LogP contribution in [-0.4, -0.2) is 42.8 Å². The van der Waals surface area contributed by atoms with Crippen LogP contribution in [0, 0.1) is 0 Å². The highest BCUT2D eigenvalue weighted by Crippen LogP contribution is 2.26. The predicted molar refractivity (Wildman–Crippen MR) is 108 cm³/mol. The van der Waals surface area contributed by atoms with Crippen molar-refractivity contribution >= 4 is 17.4 Å². The summed E-state index contributed by atoms with van der Waals surface area (Å²) < 4.78 is 39.6. The van der Waals surface area contributed by atoms with E-state index in [1.165, 1.54) is 23.1 Å². The number of amides is 1. The Bertz CT molecular complexity index is 1250. The van der Waals surface area contributed by atoms with Crippen LogP contribution in [0.5, 0.6) is 0 Å². The first-order chi connectivity index (χ1) is 15.3. The number of rotatable bonds is 6. The van der Waals surface area contributed by atoms with Crippen LogP contribution in [0.1, 0.15) is 27.4 Å². The van der Waals surface area contributed by atoms with Crippen molar-refractivity contribution < 1.29 is 22.8 Å².